The SMILES string of the molecule is CCNC(=NCc1nc(C(F)(F)F)cs1)NCC1CCCC1O.I. The second kappa shape index (κ2) is 9.76. The van der Waals surface area contributed by atoms with Crippen LogP contribution in [0.4, 0.5) is 13.2 Å². The largest absolute Gasteiger partial charge is 0.434 e. The van der Waals surface area contributed by atoms with Crippen molar-refractivity contribution < 1.29 is 18.3 Å². The van der Waals surface area contributed by atoms with E-state index in [1.807, 2.05) is 6.92 Å². The molecule has 0 spiro atoms. The first-order valence-electron chi connectivity index (χ1n) is 7.62. The van der Waals surface area contributed by atoms with Crippen LogP contribution < -0.4 is 10.6 Å². The minimum absolute atomic E-state index is 0. The Morgan fingerprint density at radius 1 is 1.42 bits per heavy atom. The van der Waals surface area contributed by atoms with Gasteiger partial charge in [0.15, 0.2) is 11.7 Å². The first-order chi connectivity index (χ1) is 10.9. The molecular formula is C14H22F3IN4OS. The number of alkyl halides is 3. The molecule has 0 saturated heterocycles. The predicted molar refractivity (Wildman–Crippen MR) is 98.7 cm³/mol. The molecule has 1 aromatic heterocycles. The van der Waals surface area contributed by atoms with Crippen LogP contribution in [0.3, 0.4) is 0 Å². The fraction of sp³-hybridized carbons (Fsp3) is 0.714. The highest BCUT2D eigenvalue weighted by Crippen LogP contribution is 2.30. The topological polar surface area (TPSA) is 69.5 Å². The maximum atomic E-state index is 12.5. The van der Waals surface area contributed by atoms with Gasteiger partial charge >= 0.3 is 6.18 Å². The molecule has 1 aliphatic rings. The number of guanidine groups is 1. The van der Waals surface area contributed by atoms with Gasteiger partial charge < -0.3 is 15.7 Å². The third-order valence-electron chi connectivity index (χ3n) is 3.71. The van der Waals surface area contributed by atoms with E-state index in [-0.39, 0.29) is 42.5 Å². The molecule has 0 radical (unpaired) electrons. The van der Waals surface area contributed by atoms with Gasteiger partial charge in [-0.1, -0.05) is 6.42 Å². The molecule has 0 aromatic carbocycles. The summed E-state index contributed by atoms with van der Waals surface area (Å²) in [7, 11) is 0. The summed E-state index contributed by atoms with van der Waals surface area (Å²) in [5.74, 6) is 0.714. The molecular weight excluding hydrogens is 456 g/mol. The number of hydrogen-bond acceptors (Lipinski definition) is 4. The van der Waals surface area contributed by atoms with Crippen LogP contribution in [0.2, 0.25) is 0 Å². The molecule has 2 atom stereocenters. The molecule has 2 unspecified atom stereocenters. The van der Waals surface area contributed by atoms with E-state index in [4.69, 9.17) is 0 Å². The lowest BCUT2D eigenvalue weighted by atomic mass is 10.1. The number of halogens is 4. The molecule has 3 N–H and O–H groups in total. The van der Waals surface area contributed by atoms with Gasteiger partial charge in [-0.3, -0.25) is 0 Å². The quantitative estimate of drug-likeness (QED) is 0.346. The van der Waals surface area contributed by atoms with Crippen LogP contribution in [0.5, 0.6) is 0 Å². The number of hydrogen-bond donors (Lipinski definition) is 3. The Morgan fingerprint density at radius 3 is 2.71 bits per heavy atom. The van der Waals surface area contributed by atoms with Crippen LogP contribution in [-0.4, -0.2) is 35.2 Å². The lowest BCUT2D eigenvalue weighted by Crippen LogP contribution is -2.41. The minimum Gasteiger partial charge on any atom is -0.393 e. The third kappa shape index (κ3) is 6.36. The minimum atomic E-state index is -4.42. The zero-order valence-electron chi connectivity index (χ0n) is 13.3. The average Bonchev–Trinajstić information content (AvgIpc) is 3.10. The zero-order chi connectivity index (χ0) is 16.9. The van der Waals surface area contributed by atoms with Crippen molar-refractivity contribution in [2.24, 2.45) is 10.9 Å². The Labute approximate surface area is 160 Å². The number of rotatable bonds is 5. The van der Waals surface area contributed by atoms with Crippen LogP contribution in [0.15, 0.2) is 10.4 Å². The maximum absolute atomic E-state index is 12.5. The Bertz CT molecular complexity index is 538. The van der Waals surface area contributed by atoms with Crippen molar-refractivity contribution in [1.82, 2.24) is 15.6 Å². The van der Waals surface area contributed by atoms with Crippen LogP contribution in [0, 0.1) is 5.92 Å². The van der Waals surface area contributed by atoms with E-state index in [0.717, 1.165) is 36.0 Å². The van der Waals surface area contributed by atoms with Crippen LogP contribution >= 0.6 is 35.3 Å². The van der Waals surface area contributed by atoms with E-state index < -0.39 is 11.9 Å². The van der Waals surface area contributed by atoms with Gasteiger partial charge in [-0.25, -0.2) is 9.98 Å². The normalized spacial score (nSPS) is 21.5. The molecule has 1 heterocycles. The van der Waals surface area contributed by atoms with Crippen molar-refractivity contribution in [3.63, 3.8) is 0 Å². The second-order valence-corrected chi connectivity index (χ2v) is 6.40. The molecule has 0 bridgehead atoms. The van der Waals surface area contributed by atoms with Crippen molar-refractivity contribution in [1.29, 1.82) is 0 Å². The summed E-state index contributed by atoms with van der Waals surface area (Å²) in [6, 6.07) is 0. The first kappa shape index (κ1) is 21.4. The van der Waals surface area contributed by atoms with Crippen molar-refractivity contribution in [3.05, 3.63) is 16.1 Å². The standard InChI is InChI=1S/C14H21F3N4OS.HI/c1-2-18-13(19-6-9-4-3-5-10(9)22)20-7-12-21-11(8-23-12)14(15,16)17;/h8-10,22H,2-7H2,1H3,(H2,18,19,20);1H. The second-order valence-electron chi connectivity index (χ2n) is 5.46. The molecule has 10 heteroatoms. The number of nitrogens with one attached hydrogen (secondary N) is 2. The Hall–Kier alpha value is -0.620. The van der Waals surface area contributed by atoms with E-state index in [0.29, 0.717) is 24.1 Å². The molecule has 2 rings (SSSR count). The molecule has 0 amide bonds. The Morgan fingerprint density at radius 2 is 2.17 bits per heavy atom. The monoisotopic (exact) mass is 478 g/mol. The highest BCUT2D eigenvalue weighted by atomic mass is 127. The van der Waals surface area contributed by atoms with E-state index in [1.54, 1.807) is 0 Å². The van der Waals surface area contributed by atoms with Gasteiger partial charge in [-0.2, -0.15) is 13.2 Å². The summed E-state index contributed by atoms with van der Waals surface area (Å²) in [5.41, 5.74) is -0.875. The molecule has 1 aliphatic carbocycles. The van der Waals surface area contributed by atoms with Crippen molar-refractivity contribution in [2.45, 2.75) is 45.0 Å². The number of thiazole rings is 1. The summed E-state index contributed by atoms with van der Waals surface area (Å²) in [6.45, 7) is 3.24. The van der Waals surface area contributed by atoms with Crippen molar-refractivity contribution in [2.75, 3.05) is 13.1 Å². The Kier molecular flexibility index (Phi) is 8.71. The molecule has 5 nitrogen and oxygen atoms in total. The molecule has 1 fully saturated rings. The van der Waals surface area contributed by atoms with E-state index in [2.05, 4.69) is 20.6 Å². The third-order valence-corrected chi connectivity index (χ3v) is 4.54. The van der Waals surface area contributed by atoms with Gasteiger partial charge in [-0.15, -0.1) is 35.3 Å². The molecule has 0 aliphatic heterocycles. The predicted octanol–water partition coefficient (Wildman–Crippen LogP) is 3.00. The van der Waals surface area contributed by atoms with E-state index >= 15 is 0 Å². The van der Waals surface area contributed by atoms with Gasteiger partial charge in [0.2, 0.25) is 0 Å². The summed E-state index contributed by atoms with van der Waals surface area (Å²) >= 11 is 0.947. The average molecular weight is 478 g/mol. The number of nitrogens with zero attached hydrogens (tertiary/aromatic N) is 2. The number of aliphatic hydroxyl groups excluding tert-OH is 1. The summed E-state index contributed by atoms with van der Waals surface area (Å²) < 4.78 is 37.5. The highest BCUT2D eigenvalue weighted by molar-refractivity contribution is 14.0. The lowest BCUT2D eigenvalue weighted by molar-refractivity contribution is -0.140. The van der Waals surface area contributed by atoms with E-state index in [1.165, 1.54) is 0 Å². The molecule has 138 valence electrons. The maximum Gasteiger partial charge on any atom is 0.434 e. The lowest BCUT2D eigenvalue weighted by Gasteiger charge is -2.17. The van der Waals surface area contributed by atoms with Crippen LogP contribution in [0.1, 0.15) is 36.9 Å². The number of aliphatic imine (C=N–C) groups is 1. The first-order valence-corrected chi connectivity index (χ1v) is 8.50. The highest BCUT2D eigenvalue weighted by Gasteiger charge is 2.33. The number of aliphatic hydroxyl groups is 1. The summed E-state index contributed by atoms with van der Waals surface area (Å²) in [6.07, 6.45) is -1.91. The zero-order valence-corrected chi connectivity index (χ0v) is 16.4. The van der Waals surface area contributed by atoms with E-state index in [9.17, 15) is 18.3 Å². The Balaban J connectivity index is 0.00000288. The van der Waals surface area contributed by atoms with Gasteiger partial charge in [0, 0.05) is 24.4 Å². The summed E-state index contributed by atoms with van der Waals surface area (Å²) in [5, 5.41) is 17.3. The number of aromatic nitrogens is 1. The molecule has 24 heavy (non-hydrogen) atoms. The summed E-state index contributed by atoms with van der Waals surface area (Å²) in [4.78, 5) is 7.81. The smallest absolute Gasteiger partial charge is 0.393 e. The van der Waals surface area contributed by atoms with Crippen molar-refractivity contribution in [3.8, 4) is 0 Å². The van der Waals surface area contributed by atoms with Gasteiger partial charge in [0.25, 0.3) is 0 Å². The van der Waals surface area contributed by atoms with Crippen LogP contribution in [0.25, 0.3) is 0 Å². The van der Waals surface area contributed by atoms with Crippen molar-refractivity contribution >= 4 is 41.3 Å². The molecule has 1 saturated carbocycles. The van der Waals surface area contributed by atoms with Gasteiger partial charge in [0.1, 0.15) is 5.01 Å². The van der Waals surface area contributed by atoms with Gasteiger partial charge in [-0.05, 0) is 19.8 Å². The van der Waals surface area contributed by atoms with Gasteiger partial charge in [0.05, 0.1) is 12.6 Å². The fourth-order valence-corrected chi connectivity index (χ4v) is 3.21. The molecule has 1 aromatic rings. The van der Waals surface area contributed by atoms with Crippen LogP contribution in [-0.2, 0) is 12.7 Å². The fourth-order valence-electron chi connectivity index (χ4n) is 2.49.